The number of carbonyl (C=O) groups excluding carboxylic acids is 1. The molecule has 4 rings (SSSR count). The standard InChI is InChI=1S/C26H19Cl4NO3/c1-14(26(32)33-2)15-9-10-22-16(11-15)12-23(34-13-17-18(27)5-3-6-19(17)28)25(31-22)24-20(29)7-4-8-21(24)30/h3-12,14H,13H2,1-2H3. The third kappa shape index (κ3) is 4.96. The van der Waals surface area contributed by atoms with Crippen LogP contribution in [0.1, 0.15) is 24.0 Å². The van der Waals surface area contributed by atoms with Crippen LogP contribution in [0.2, 0.25) is 20.1 Å². The fourth-order valence-corrected chi connectivity index (χ4v) is 4.67. The van der Waals surface area contributed by atoms with Crippen molar-refractivity contribution in [1.29, 1.82) is 0 Å². The van der Waals surface area contributed by atoms with Crippen LogP contribution >= 0.6 is 46.4 Å². The fraction of sp³-hybridized carbons (Fsp3) is 0.154. The van der Waals surface area contributed by atoms with Gasteiger partial charge in [-0.3, -0.25) is 4.79 Å². The van der Waals surface area contributed by atoms with Gasteiger partial charge in [0.1, 0.15) is 18.1 Å². The first-order chi connectivity index (χ1) is 16.3. The first-order valence-electron chi connectivity index (χ1n) is 10.3. The molecule has 0 N–H and O–H groups in total. The lowest BCUT2D eigenvalue weighted by molar-refractivity contribution is -0.141. The van der Waals surface area contributed by atoms with Gasteiger partial charge < -0.3 is 9.47 Å². The zero-order valence-electron chi connectivity index (χ0n) is 18.2. The summed E-state index contributed by atoms with van der Waals surface area (Å²) in [5.74, 6) is -0.309. The summed E-state index contributed by atoms with van der Waals surface area (Å²) in [5.41, 5.74) is 3.18. The molecular weight excluding hydrogens is 516 g/mol. The molecule has 0 saturated carbocycles. The number of aromatic nitrogens is 1. The number of methoxy groups -OCH3 is 1. The third-order valence-corrected chi connectivity index (χ3v) is 6.83. The molecule has 0 aliphatic rings. The number of carbonyl (C=O) groups is 1. The van der Waals surface area contributed by atoms with Gasteiger partial charge in [-0.2, -0.15) is 0 Å². The molecule has 0 bridgehead atoms. The minimum atomic E-state index is -0.432. The zero-order chi connectivity index (χ0) is 24.4. The lowest BCUT2D eigenvalue weighted by atomic mass is 9.98. The lowest BCUT2D eigenvalue weighted by Gasteiger charge is -2.16. The van der Waals surface area contributed by atoms with E-state index in [1.165, 1.54) is 7.11 Å². The molecule has 0 amide bonds. The van der Waals surface area contributed by atoms with E-state index in [0.29, 0.717) is 48.2 Å². The number of ether oxygens (including phenoxy) is 2. The van der Waals surface area contributed by atoms with Crippen LogP contribution in [0, 0.1) is 0 Å². The molecule has 0 fully saturated rings. The highest BCUT2D eigenvalue weighted by molar-refractivity contribution is 6.39. The van der Waals surface area contributed by atoms with Gasteiger partial charge in [0.15, 0.2) is 0 Å². The molecule has 8 heteroatoms. The lowest BCUT2D eigenvalue weighted by Crippen LogP contribution is -2.10. The second-order valence-corrected chi connectivity index (χ2v) is 9.25. The minimum Gasteiger partial charge on any atom is -0.486 e. The molecular formula is C26H19Cl4NO3. The molecule has 4 nitrogen and oxygen atoms in total. The number of nitrogens with zero attached hydrogens (tertiary/aromatic N) is 1. The smallest absolute Gasteiger partial charge is 0.312 e. The number of pyridine rings is 1. The van der Waals surface area contributed by atoms with E-state index in [0.717, 1.165) is 10.9 Å². The molecule has 0 radical (unpaired) electrons. The zero-order valence-corrected chi connectivity index (χ0v) is 21.3. The van der Waals surface area contributed by atoms with Gasteiger partial charge in [0, 0.05) is 26.6 Å². The van der Waals surface area contributed by atoms with Crippen LogP contribution in [0.4, 0.5) is 0 Å². The summed E-state index contributed by atoms with van der Waals surface area (Å²) >= 11 is 25.7. The molecule has 174 valence electrons. The van der Waals surface area contributed by atoms with E-state index in [9.17, 15) is 4.79 Å². The van der Waals surface area contributed by atoms with E-state index < -0.39 is 5.92 Å². The molecule has 1 aromatic heterocycles. The van der Waals surface area contributed by atoms with Crippen LogP contribution in [-0.2, 0) is 16.1 Å². The van der Waals surface area contributed by atoms with Crippen molar-refractivity contribution in [1.82, 2.24) is 4.98 Å². The monoisotopic (exact) mass is 533 g/mol. The van der Waals surface area contributed by atoms with Crippen LogP contribution in [0.5, 0.6) is 5.75 Å². The molecule has 0 aliphatic heterocycles. The summed E-state index contributed by atoms with van der Waals surface area (Å²) in [5, 5.41) is 2.65. The van der Waals surface area contributed by atoms with Crippen molar-refractivity contribution in [2.24, 2.45) is 0 Å². The van der Waals surface area contributed by atoms with Gasteiger partial charge in [0.2, 0.25) is 0 Å². The van der Waals surface area contributed by atoms with E-state index in [2.05, 4.69) is 0 Å². The van der Waals surface area contributed by atoms with E-state index in [-0.39, 0.29) is 12.6 Å². The molecule has 0 spiro atoms. The van der Waals surface area contributed by atoms with Crippen molar-refractivity contribution >= 4 is 63.3 Å². The Labute approximate surface area is 217 Å². The molecule has 1 unspecified atom stereocenters. The predicted octanol–water partition coefficient (Wildman–Crippen LogP) is 8.37. The number of halogens is 4. The predicted molar refractivity (Wildman–Crippen MR) is 138 cm³/mol. The van der Waals surface area contributed by atoms with Gasteiger partial charge in [0.25, 0.3) is 0 Å². The summed E-state index contributed by atoms with van der Waals surface area (Å²) in [6.07, 6.45) is 0. The Hall–Kier alpha value is -2.50. The van der Waals surface area contributed by atoms with Crippen LogP contribution in [0.3, 0.4) is 0 Å². The summed E-state index contributed by atoms with van der Waals surface area (Å²) < 4.78 is 11.1. The molecule has 1 atom stereocenters. The van der Waals surface area contributed by atoms with Crippen molar-refractivity contribution in [2.45, 2.75) is 19.4 Å². The first kappa shape index (κ1) is 24.6. The SMILES string of the molecule is COC(=O)C(C)c1ccc2nc(-c3c(Cl)cccc3Cl)c(OCc3c(Cl)cccc3Cl)cc2c1. The van der Waals surface area contributed by atoms with E-state index in [4.69, 9.17) is 60.9 Å². The normalized spacial score (nSPS) is 11.9. The van der Waals surface area contributed by atoms with Crippen LogP contribution in [0.25, 0.3) is 22.2 Å². The Morgan fingerprint density at radius 3 is 2.15 bits per heavy atom. The van der Waals surface area contributed by atoms with E-state index in [1.54, 1.807) is 43.3 Å². The number of hydrogen-bond acceptors (Lipinski definition) is 4. The molecule has 34 heavy (non-hydrogen) atoms. The number of rotatable bonds is 6. The highest BCUT2D eigenvalue weighted by Crippen LogP contribution is 2.41. The Balaban J connectivity index is 1.85. The summed E-state index contributed by atoms with van der Waals surface area (Å²) in [6.45, 7) is 1.90. The molecule has 1 heterocycles. The Bertz CT molecular complexity index is 1350. The van der Waals surface area contributed by atoms with Gasteiger partial charge >= 0.3 is 5.97 Å². The molecule has 0 aliphatic carbocycles. The number of esters is 1. The van der Waals surface area contributed by atoms with Crippen molar-refractivity contribution in [3.05, 3.63) is 91.9 Å². The molecule has 4 aromatic rings. The topological polar surface area (TPSA) is 48.4 Å². The number of benzene rings is 3. The number of hydrogen-bond donors (Lipinski definition) is 0. The Kier molecular flexibility index (Phi) is 7.54. The van der Waals surface area contributed by atoms with Crippen LogP contribution in [0.15, 0.2) is 60.7 Å². The quantitative estimate of drug-likeness (QED) is 0.233. The Morgan fingerprint density at radius 1 is 0.912 bits per heavy atom. The van der Waals surface area contributed by atoms with Gasteiger partial charge in [-0.15, -0.1) is 0 Å². The van der Waals surface area contributed by atoms with Gasteiger partial charge in [-0.1, -0.05) is 64.6 Å². The average Bonchev–Trinajstić information content (AvgIpc) is 2.82. The van der Waals surface area contributed by atoms with Crippen LogP contribution < -0.4 is 4.74 Å². The van der Waals surface area contributed by atoms with Crippen molar-refractivity contribution in [3.63, 3.8) is 0 Å². The van der Waals surface area contributed by atoms with E-state index in [1.807, 2.05) is 24.3 Å². The maximum atomic E-state index is 12.0. The van der Waals surface area contributed by atoms with Gasteiger partial charge in [0.05, 0.1) is 28.6 Å². The Morgan fingerprint density at radius 2 is 1.53 bits per heavy atom. The van der Waals surface area contributed by atoms with Crippen molar-refractivity contribution in [2.75, 3.05) is 7.11 Å². The highest BCUT2D eigenvalue weighted by Gasteiger charge is 2.20. The third-order valence-electron chi connectivity index (χ3n) is 5.49. The maximum Gasteiger partial charge on any atom is 0.312 e. The average molecular weight is 535 g/mol. The van der Waals surface area contributed by atoms with Crippen molar-refractivity contribution in [3.8, 4) is 17.0 Å². The van der Waals surface area contributed by atoms with Gasteiger partial charge in [-0.25, -0.2) is 4.98 Å². The largest absolute Gasteiger partial charge is 0.486 e. The fourth-order valence-electron chi connectivity index (χ4n) is 3.59. The second-order valence-electron chi connectivity index (χ2n) is 7.62. The van der Waals surface area contributed by atoms with Crippen molar-refractivity contribution < 1.29 is 14.3 Å². The summed E-state index contributed by atoms with van der Waals surface area (Å²) in [6, 6.07) is 17.9. The number of fused-ring (bicyclic) bond motifs is 1. The summed E-state index contributed by atoms with van der Waals surface area (Å²) in [4.78, 5) is 16.8. The first-order valence-corrected chi connectivity index (χ1v) is 11.8. The maximum absolute atomic E-state index is 12.0. The second kappa shape index (κ2) is 10.4. The van der Waals surface area contributed by atoms with Gasteiger partial charge in [-0.05, 0) is 55.0 Å². The molecule has 0 saturated heterocycles. The minimum absolute atomic E-state index is 0.110. The van der Waals surface area contributed by atoms with Crippen LogP contribution in [-0.4, -0.2) is 18.1 Å². The molecule has 3 aromatic carbocycles. The van der Waals surface area contributed by atoms with E-state index >= 15 is 0 Å². The highest BCUT2D eigenvalue weighted by atomic mass is 35.5. The summed E-state index contributed by atoms with van der Waals surface area (Å²) in [7, 11) is 1.37.